The van der Waals surface area contributed by atoms with Crippen molar-refractivity contribution in [1.29, 1.82) is 0 Å². The molecule has 2 amide bonds. The summed E-state index contributed by atoms with van der Waals surface area (Å²) in [6, 6.07) is 2.60. The average Bonchev–Trinajstić information content (AvgIpc) is 3.21. The maximum Gasteiger partial charge on any atom is 0.287 e. The summed E-state index contributed by atoms with van der Waals surface area (Å²) >= 11 is 0. The van der Waals surface area contributed by atoms with E-state index in [1.807, 2.05) is 24.6 Å². The Morgan fingerprint density at radius 1 is 1.39 bits per heavy atom. The third-order valence-electron chi connectivity index (χ3n) is 3.43. The van der Waals surface area contributed by atoms with Gasteiger partial charge >= 0.3 is 0 Å². The van der Waals surface area contributed by atoms with Crippen LogP contribution < -0.4 is 10.6 Å². The first-order valence-electron chi connectivity index (χ1n) is 7.65. The molecule has 1 atom stereocenters. The smallest absolute Gasteiger partial charge is 0.287 e. The number of aromatic nitrogens is 2. The number of nitrogens with one attached hydrogen (secondary N) is 2. The second-order valence-corrected chi connectivity index (χ2v) is 5.62. The van der Waals surface area contributed by atoms with Crippen LogP contribution in [-0.4, -0.2) is 34.0 Å². The van der Waals surface area contributed by atoms with Gasteiger partial charge in [-0.25, -0.2) is 4.98 Å². The van der Waals surface area contributed by atoms with Gasteiger partial charge in [0.2, 0.25) is 5.91 Å². The molecule has 0 aliphatic rings. The van der Waals surface area contributed by atoms with E-state index in [1.165, 1.54) is 6.26 Å². The Labute approximate surface area is 135 Å². The fraction of sp³-hybridized carbons (Fsp3) is 0.438. The summed E-state index contributed by atoms with van der Waals surface area (Å²) in [6.07, 6.45) is 7.55. The number of aryl methyl sites for hydroxylation is 1. The first-order chi connectivity index (χ1) is 11.1. The number of carbonyl (C=O) groups excluding carboxylic acids is 2. The molecule has 2 N–H and O–H groups in total. The predicted molar refractivity (Wildman–Crippen MR) is 84.7 cm³/mol. The zero-order chi connectivity index (χ0) is 16.7. The molecular weight excluding hydrogens is 296 g/mol. The van der Waals surface area contributed by atoms with E-state index in [-0.39, 0.29) is 23.5 Å². The Morgan fingerprint density at radius 2 is 2.22 bits per heavy atom. The van der Waals surface area contributed by atoms with Crippen molar-refractivity contribution in [2.45, 2.75) is 32.9 Å². The Morgan fingerprint density at radius 3 is 2.83 bits per heavy atom. The molecule has 23 heavy (non-hydrogen) atoms. The van der Waals surface area contributed by atoms with Crippen LogP contribution in [0.2, 0.25) is 0 Å². The van der Waals surface area contributed by atoms with Gasteiger partial charge in [-0.1, -0.05) is 13.8 Å². The van der Waals surface area contributed by atoms with E-state index in [0.29, 0.717) is 6.54 Å². The monoisotopic (exact) mass is 318 g/mol. The Bertz CT molecular complexity index is 605. The molecule has 7 nitrogen and oxygen atoms in total. The van der Waals surface area contributed by atoms with Gasteiger partial charge in [0, 0.05) is 25.5 Å². The lowest BCUT2D eigenvalue weighted by Crippen LogP contribution is -2.49. The quantitative estimate of drug-likeness (QED) is 0.721. The van der Waals surface area contributed by atoms with Gasteiger partial charge in [0.15, 0.2) is 5.76 Å². The topological polar surface area (TPSA) is 89.2 Å². The van der Waals surface area contributed by atoms with Gasteiger partial charge in [-0.3, -0.25) is 9.59 Å². The maximum absolute atomic E-state index is 12.3. The summed E-state index contributed by atoms with van der Waals surface area (Å²) in [5, 5.41) is 5.57. The molecule has 0 radical (unpaired) electrons. The van der Waals surface area contributed by atoms with Crippen LogP contribution in [0.4, 0.5) is 0 Å². The van der Waals surface area contributed by atoms with Crippen molar-refractivity contribution in [2.75, 3.05) is 6.54 Å². The normalized spacial score (nSPS) is 12.1. The standard InChI is InChI=1S/C16H22N4O3/c1-12(2)14(19-15(21)13-5-3-10-23-13)16(22)18-6-4-8-20-9-7-17-11-20/h3,5,7,9-12,14H,4,6,8H2,1-2H3,(H,18,22)(H,19,21). The lowest BCUT2D eigenvalue weighted by molar-refractivity contribution is -0.123. The van der Waals surface area contributed by atoms with E-state index < -0.39 is 6.04 Å². The molecule has 7 heteroatoms. The van der Waals surface area contributed by atoms with Crippen LogP contribution in [0.5, 0.6) is 0 Å². The fourth-order valence-corrected chi connectivity index (χ4v) is 2.16. The summed E-state index contributed by atoms with van der Waals surface area (Å²) in [5.74, 6) is -0.404. The van der Waals surface area contributed by atoms with Crippen LogP contribution in [-0.2, 0) is 11.3 Å². The molecule has 0 saturated carbocycles. The van der Waals surface area contributed by atoms with Gasteiger partial charge in [0.1, 0.15) is 6.04 Å². The van der Waals surface area contributed by atoms with E-state index in [1.54, 1.807) is 24.7 Å². The lowest BCUT2D eigenvalue weighted by Gasteiger charge is -2.21. The number of hydrogen-bond acceptors (Lipinski definition) is 4. The minimum Gasteiger partial charge on any atom is -0.459 e. The van der Waals surface area contributed by atoms with E-state index in [9.17, 15) is 9.59 Å². The zero-order valence-electron chi connectivity index (χ0n) is 13.4. The Hall–Kier alpha value is -2.57. The molecule has 1 unspecified atom stereocenters. The fourth-order valence-electron chi connectivity index (χ4n) is 2.16. The average molecular weight is 318 g/mol. The number of hydrogen-bond donors (Lipinski definition) is 2. The Kier molecular flexibility index (Phi) is 5.96. The summed E-state index contributed by atoms with van der Waals surface area (Å²) in [6.45, 7) is 5.10. The van der Waals surface area contributed by atoms with Crippen molar-refractivity contribution in [1.82, 2.24) is 20.2 Å². The first kappa shape index (κ1) is 16.8. The third kappa shape index (κ3) is 4.98. The van der Waals surface area contributed by atoms with Crippen molar-refractivity contribution in [3.8, 4) is 0 Å². The molecule has 2 aromatic rings. The largest absolute Gasteiger partial charge is 0.459 e. The predicted octanol–water partition coefficient (Wildman–Crippen LogP) is 1.44. The highest BCUT2D eigenvalue weighted by atomic mass is 16.3. The Balaban J connectivity index is 1.79. The molecule has 0 aliphatic carbocycles. The second-order valence-electron chi connectivity index (χ2n) is 5.62. The van der Waals surface area contributed by atoms with Gasteiger partial charge in [0.05, 0.1) is 12.6 Å². The van der Waals surface area contributed by atoms with Crippen molar-refractivity contribution < 1.29 is 14.0 Å². The van der Waals surface area contributed by atoms with Crippen LogP contribution >= 0.6 is 0 Å². The maximum atomic E-state index is 12.3. The molecule has 2 heterocycles. The van der Waals surface area contributed by atoms with Crippen molar-refractivity contribution in [3.05, 3.63) is 42.9 Å². The number of nitrogens with zero attached hydrogens (tertiary/aromatic N) is 2. The summed E-state index contributed by atoms with van der Waals surface area (Å²) < 4.78 is 6.99. The van der Waals surface area contributed by atoms with Crippen LogP contribution in [0.1, 0.15) is 30.8 Å². The minimum atomic E-state index is -0.596. The molecule has 0 spiro atoms. The first-order valence-corrected chi connectivity index (χ1v) is 7.65. The highest BCUT2D eigenvalue weighted by Gasteiger charge is 2.25. The number of rotatable bonds is 8. The van der Waals surface area contributed by atoms with E-state index >= 15 is 0 Å². The van der Waals surface area contributed by atoms with Gasteiger partial charge in [-0.05, 0) is 24.5 Å². The minimum absolute atomic E-state index is 0.0254. The SMILES string of the molecule is CC(C)C(NC(=O)c1ccco1)C(=O)NCCCn1ccnc1. The van der Waals surface area contributed by atoms with E-state index in [4.69, 9.17) is 4.42 Å². The number of amides is 2. The van der Waals surface area contributed by atoms with Crippen molar-refractivity contribution in [3.63, 3.8) is 0 Å². The molecule has 2 aromatic heterocycles. The van der Waals surface area contributed by atoms with Crippen LogP contribution in [0.25, 0.3) is 0 Å². The van der Waals surface area contributed by atoms with E-state index in [2.05, 4.69) is 15.6 Å². The third-order valence-corrected chi connectivity index (χ3v) is 3.43. The molecule has 0 bridgehead atoms. The lowest BCUT2D eigenvalue weighted by atomic mass is 10.0. The van der Waals surface area contributed by atoms with Gasteiger partial charge in [-0.15, -0.1) is 0 Å². The number of furan rings is 1. The molecule has 0 aromatic carbocycles. The van der Waals surface area contributed by atoms with Crippen molar-refractivity contribution >= 4 is 11.8 Å². The van der Waals surface area contributed by atoms with E-state index in [0.717, 1.165) is 13.0 Å². The van der Waals surface area contributed by atoms with Crippen molar-refractivity contribution in [2.24, 2.45) is 5.92 Å². The number of carbonyl (C=O) groups is 2. The summed E-state index contributed by atoms with van der Waals surface area (Å²) in [5.41, 5.74) is 0. The molecule has 0 saturated heterocycles. The van der Waals surface area contributed by atoms with Gasteiger partial charge < -0.3 is 19.6 Å². The van der Waals surface area contributed by atoms with Gasteiger partial charge in [0.25, 0.3) is 5.91 Å². The molecule has 0 aliphatic heterocycles. The molecule has 124 valence electrons. The zero-order valence-corrected chi connectivity index (χ0v) is 13.4. The highest BCUT2D eigenvalue weighted by molar-refractivity contribution is 5.95. The molecular formula is C16H22N4O3. The van der Waals surface area contributed by atoms with Crippen LogP contribution in [0.15, 0.2) is 41.5 Å². The highest BCUT2D eigenvalue weighted by Crippen LogP contribution is 2.06. The molecule has 0 fully saturated rings. The molecule has 2 rings (SSSR count). The van der Waals surface area contributed by atoms with Gasteiger partial charge in [-0.2, -0.15) is 0 Å². The summed E-state index contributed by atoms with van der Waals surface area (Å²) in [7, 11) is 0. The summed E-state index contributed by atoms with van der Waals surface area (Å²) in [4.78, 5) is 28.3. The number of imidazole rings is 1. The second kappa shape index (κ2) is 8.17. The van der Waals surface area contributed by atoms with Crippen LogP contribution in [0.3, 0.4) is 0 Å². The van der Waals surface area contributed by atoms with Crippen LogP contribution in [0, 0.1) is 5.92 Å².